The van der Waals surface area contributed by atoms with Crippen molar-refractivity contribution in [3.8, 4) is 0 Å². The van der Waals surface area contributed by atoms with E-state index in [2.05, 4.69) is 5.32 Å². The number of ether oxygens (including phenoxy) is 2. The van der Waals surface area contributed by atoms with Crippen LogP contribution in [0.2, 0.25) is 0 Å². The van der Waals surface area contributed by atoms with Crippen molar-refractivity contribution in [2.24, 2.45) is 0 Å². The molecule has 2 heterocycles. The summed E-state index contributed by atoms with van der Waals surface area (Å²) in [5.41, 5.74) is -0.523. The predicted molar refractivity (Wildman–Crippen MR) is 65.8 cm³/mol. The lowest BCUT2D eigenvalue weighted by molar-refractivity contribution is -0.173. The molecule has 19 heavy (non-hydrogen) atoms. The van der Waals surface area contributed by atoms with Gasteiger partial charge in [-0.2, -0.15) is 0 Å². The smallest absolute Gasteiger partial charge is 0.329 e. The Morgan fingerprint density at radius 3 is 2.84 bits per heavy atom. The summed E-state index contributed by atoms with van der Waals surface area (Å²) in [4.78, 5) is 24.1. The number of carboxylic acids is 1. The maximum Gasteiger partial charge on any atom is 0.329 e. The van der Waals surface area contributed by atoms with Gasteiger partial charge in [0.2, 0.25) is 5.91 Å². The average molecular weight is 272 g/mol. The monoisotopic (exact) mass is 272 g/mol. The molecule has 7 nitrogen and oxygen atoms in total. The number of nitrogens with zero attached hydrogens (tertiary/aromatic N) is 1. The van der Waals surface area contributed by atoms with E-state index in [9.17, 15) is 9.59 Å². The second-order valence-electron chi connectivity index (χ2n) is 5.31. The first-order chi connectivity index (χ1) is 8.98. The Morgan fingerprint density at radius 2 is 2.26 bits per heavy atom. The van der Waals surface area contributed by atoms with Crippen LogP contribution in [0, 0.1) is 0 Å². The fourth-order valence-electron chi connectivity index (χ4n) is 2.36. The van der Waals surface area contributed by atoms with E-state index in [0.29, 0.717) is 32.7 Å². The van der Waals surface area contributed by atoms with Crippen LogP contribution in [0.4, 0.5) is 0 Å². The molecule has 108 valence electrons. The summed E-state index contributed by atoms with van der Waals surface area (Å²) in [5.74, 6) is -0.936. The van der Waals surface area contributed by atoms with Crippen LogP contribution >= 0.6 is 0 Å². The molecule has 0 aromatic carbocycles. The van der Waals surface area contributed by atoms with Gasteiger partial charge in [0, 0.05) is 19.0 Å². The summed E-state index contributed by atoms with van der Waals surface area (Å²) in [6, 6.07) is 0.0769. The molecule has 7 heteroatoms. The number of aliphatic carboxylic acids is 1. The summed E-state index contributed by atoms with van der Waals surface area (Å²) >= 11 is 0. The van der Waals surface area contributed by atoms with E-state index >= 15 is 0 Å². The lowest BCUT2D eigenvalue weighted by Crippen LogP contribution is -2.64. The molecule has 1 amide bonds. The first kappa shape index (κ1) is 14.2. The third-order valence-corrected chi connectivity index (χ3v) is 3.37. The van der Waals surface area contributed by atoms with Crippen molar-refractivity contribution >= 4 is 11.9 Å². The number of rotatable bonds is 5. The normalized spacial score (nSPS) is 25.7. The maximum atomic E-state index is 12.0. The van der Waals surface area contributed by atoms with E-state index < -0.39 is 11.6 Å². The molecule has 0 bridgehead atoms. The lowest BCUT2D eigenvalue weighted by Gasteiger charge is -2.47. The second-order valence-corrected chi connectivity index (χ2v) is 5.31. The van der Waals surface area contributed by atoms with E-state index in [1.807, 2.05) is 6.92 Å². The van der Waals surface area contributed by atoms with Crippen LogP contribution in [0.3, 0.4) is 0 Å². The molecule has 2 N–H and O–H groups in total. The summed E-state index contributed by atoms with van der Waals surface area (Å²) in [5, 5.41) is 11.8. The van der Waals surface area contributed by atoms with Crippen molar-refractivity contribution in [2.75, 3.05) is 39.5 Å². The molecule has 2 saturated heterocycles. The molecule has 0 aromatic heterocycles. The number of amides is 1. The lowest BCUT2D eigenvalue weighted by atomic mass is 9.95. The predicted octanol–water partition coefficient (Wildman–Crippen LogP) is -0.933. The van der Waals surface area contributed by atoms with Gasteiger partial charge in [0.1, 0.15) is 12.2 Å². The number of morpholine rings is 1. The summed E-state index contributed by atoms with van der Waals surface area (Å²) in [7, 11) is 0. The van der Waals surface area contributed by atoms with Crippen LogP contribution < -0.4 is 5.32 Å². The van der Waals surface area contributed by atoms with Gasteiger partial charge < -0.3 is 24.8 Å². The number of likely N-dealkylation sites (tertiary alicyclic amines) is 1. The molecular formula is C12H20N2O5. The molecule has 2 aliphatic heterocycles. The number of hydrogen-bond acceptors (Lipinski definition) is 5. The Balaban J connectivity index is 1.70. The van der Waals surface area contributed by atoms with Gasteiger partial charge in [0.15, 0.2) is 0 Å². The minimum Gasteiger partial charge on any atom is -0.480 e. The average Bonchev–Trinajstić information content (AvgIpc) is 2.34. The number of carbonyl (C=O) groups is 2. The van der Waals surface area contributed by atoms with Crippen molar-refractivity contribution in [3.63, 3.8) is 0 Å². The zero-order valence-electron chi connectivity index (χ0n) is 11.1. The van der Waals surface area contributed by atoms with Gasteiger partial charge in [-0.05, 0) is 6.92 Å². The van der Waals surface area contributed by atoms with Gasteiger partial charge in [-0.1, -0.05) is 0 Å². The van der Waals surface area contributed by atoms with Gasteiger partial charge in [-0.3, -0.25) is 4.79 Å². The minimum absolute atomic E-state index is 0.0550. The molecule has 0 saturated carbocycles. The summed E-state index contributed by atoms with van der Waals surface area (Å²) in [6.45, 7) is 4.43. The topological polar surface area (TPSA) is 88.1 Å². The molecule has 2 rings (SSSR count). The Bertz CT molecular complexity index is 348. The SMILES string of the molecule is CC1(OCC(=O)O)CN(C(=O)CC2COCCN2)C1. The van der Waals surface area contributed by atoms with Crippen LogP contribution in [0.15, 0.2) is 0 Å². The highest BCUT2D eigenvalue weighted by atomic mass is 16.5. The zero-order valence-corrected chi connectivity index (χ0v) is 11.1. The largest absolute Gasteiger partial charge is 0.480 e. The van der Waals surface area contributed by atoms with Crippen molar-refractivity contribution in [1.82, 2.24) is 10.2 Å². The highest BCUT2D eigenvalue weighted by molar-refractivity contribution is 5.78. The van der Waals surface area contributed by atoms with E-state index in [1.54, 1.807) is 4.90 Å². The van der Waals surface area contributed by atoms with Gasteiger partial charge in [0.05, 0.1) is 26.3 Å². The summed E-state index contributed by atoms with van der Waals surface area (Å²) < 4.78 is 10.6. The molecular weight excluding hydrogens is 252 g/mol. The van der Waals surface area contributed by atoms with E-state index in [0.717, 1.165) is 6.54 Å². The number of hydrogen-bond donors (Lipinski definition) is 2. The van der Waals surface area contributed by atoms with Crippen molar-refractivity contribution in [2.45, 2.75) is 25.0 Å². The van der Waals surface area contributed by atoms with E-state index in [-0.39, 0.29) is 18.6 Å². The van der Waals surface area contributed by atoms with Crippen LogP contribution in [0.1, 0.15) is 13.3 Å². The zero-order chi connectivity index (χ0) is 13.9. The molecule has 0 radical (unpaired) electrons. The fraction of sp³-hybridized carbons (Fsp3) is 0.833. The quantitative estimate of drug-likeness (QED) is 0.672. The van der Waals surface area contributed by atoms with E-state index in [4.69, 9.17) is 14.6 Å². The minimum atomic E-state index is -0.991. The Kier molecular flexibility index (Phi) is 4.38. The third-order valence-electron chi connectivity index (χ3n) is 3.37. The Hall–Kier alpha value is -1.18. The van der Waals surface area contributed by atoms with Gasteiger partial charge in [0.25, 0.3) is 0 Å². The number of carbonyl (C=O) groups excluding carboxylic acids is 1. The second kappa shape index (κ2) is 5.85. The fourth-order valence-corrected chi connectivity index (χ4v) is 2.36. The summed E-state index contributed by atoms with van der Waals surface area (Å²) in [6.07, 6.45) is 0.412. The maximum absolute atomic E-state index is 12.0. The highest BCUT2D eigenvalue weighted by Gasteiger charge is 2.42. The molecule has 2 fully saturated rings. The highest BCUT2D eigenvalue weighted by Crippen LogP contribution is 2.25. The van der Waals surface area contributed by atoms with Crippen LogP contribution in [-0.2, 0) is 19.1 Å². The van der Waals surface area contributed by atoms with Crippen molar-refractivity contribution in [3.05, 3.63) is 0 Å². The van der Waals surface area contributed by atoms with Gasteiger partial charge in [-0.25, -0.2) is 4.79 Å². The molecule has 0 spiro atoms. The van der Waals surface area contributed by atoms with Gasteiger partial charge in [-0.15, -0.1) is 0 Å². The van der Waals surface area contributed by atoms with Crippen LogP contribution in [0.5, 0.6) is 0 Å². The standard InChI is InChI=1S/C12H20N2O5/c1-12(19-6-11(16)17)7-14(8-12)10(15)4-9-5-18-3-2-13-9/h9,13H,2-8H2,1H3,(H,16,17). The Labute approximate surface area is 111 Å². The molecule has 0 aromatic rings. The van der Waals surface area contributed by atoms with Crippen LogP contribution in [0.25, 0.3) is 0 Å². The van der Waals surface area contributed by atoms with Crippen molar-refractivity contribution in [1.29, 1.82) is 0 Å². The van der Waals surface area contributed by atoms with Crippen LogP contribution in [-0.4, -0.2) is 73.0 Å². The molecule has 0 aliphatic carbocycles. The molecule has 2 aliphatic rings. The molecule has 1 atom stereocenters. The first-order valence-electron chi connectivity index (χ1n) is 6.43. The third kappa shape index (κ3) is 3.89. The number of nitrogens with one attached hydrogen (secondary N) is 1. The number of carboxylic acid groups (broad SMARTS) is 1. The van der Waals surface area contributed by atoms with E-state index in [1.165, 1.54) is 0 Å². The Morgan fingerprint density at radius 1 is 1.53 bits per heavy atom. The van der Waals surface area contributed by atoms with Gasteiger partial charge >= 0.3 is 5.97 Å². The first-order valence-corrected chi connectivity index (χ1v) is 6.43. The van der Waals surface area contributed by atoms with Crippen molar-refractivity contribution < 1.29 is 24.2 Å². The molecule has 1 unspecified atom stereocenters.